The van der Waals surface area contributed by atoms with Crippen LogP contribution in [0.3, 0.4) is 0 Å². The molecule has 1 saturated heterocycles. The SMILES string of the molecule is C=C(/C=C\C1=C(C)N(C(=C)Nc2cc(C(=C)N(C)C)ccn2)C2CCN1C2)C(=C)NC. The number of allylic oxidation sites excluding steroid dienone is 3. The van der Waals surface area contributed by atoms with Crippen LogP contribution in [0.1, 0.15) is 18.9 Å². The zero-order chi connectivity index (χ0) is 22.7. The highest BCUT2D eigenvalue weighted by Gasteiger charge is 2.36. The van der Waals surface area contributed by atoms with Crippen LogP contribution in [0.15, 0.2) is 85.3 Å². The molecule has 2 N–H and O–H groups in total. The lowest BCUT2D eigenvalue weighted by Gasteiger charge is -2.39. The smallest absolute Gasteiger partial charge is 0.132 e. The molecular formula is C25H34N6. The van der Waals surface area contributed by atoms with Crippen molar-refractivity contribution in [2.45, 2.75) is 19.4 Å². The number of likely N-dealkylation sites (N-methyl/N-ethyl adjacent to an activating group) is 1. The molecule has 6 nitrogen and oxygen atoms in total. The van der Waals surface area contributed by atoms with Gasteiger partial charge < -0.3 is 25.3 Å². The Morgan fingerprint density at radius 3 is 2.68 bits per heavy atom. The molecule has 1 atom stereocenters. The molecule has 0 aliphatic carbocycles. The van der Waals surface area contributed by atoms with Gasteiger partial charge in [0.25, 0.3) is 0 Å². The van der Waals surface area contributed by atoms with E-state index < -0.39 is 0 Å². The summed E-state index contributed by atoms with van der Waals surface area (Å²) in [6.07, 6.45) is 7.03. The first-order chi connectivity index (χ1) is 14.7. The Balaban J connectivity index is 1.83. The van der Waals surface area contributed by atoms with Gasteiger partial charge in [0.15, 0.2) is 0 Å². The van der Waals surface area contributed by atoms with Crippen molar-refractivity contribution in [1.29, 1.82) is 0 Å². The summed E-state index contributed by atoms with van der Waals surface area (Å²) in [6.45, 7) is 20.7. The Labute approximate surface area is 186 Å². The Hall–Kier alpha value is -3.41. The number of fused-ring (bicyclic) bond motifs is 2. The maximum absolute atomic E-state index is 4.48. The van der Waals surface area contributed by atoms with Gasteiger partial charge in [-0.05, 0) is 37.1 Å². The van der Waals surface area contributed by atoms with E-state index in [1.165, 1.54) is 11.4 Å². The van der Waals surface area contributed by atoms with E-state index in [9.17, 15) is 0 Å². The topological polar surface area (TPSA) is 46.7 Å². The number of hydrogen-bond donors (Lipinski definition) is 2. The van der Waals surface area contributed by atoms with Crippen LogP contribution in [0.25, 0.3) is 5.70 Å². The summed E-state index contributed by atoms with van der Waals surface area (Å²) in [6, 6.07) is 4.37. The number of anilines is 1. The molecule has 1 fully saturated rings. The summed E-state index contributed by atoms with van der Waals surface area (Å²) in [7, 11) is 5.82. The van der Waals surface area contributed by atoms with E-state index >= 15 is 0 Å². The number of rotatable bonds is 9. The highest BCUT2D eigenvalue weighted by molar-refractivity contribution is 5.64. The molecule has 0 saturated carbocycles. The van der Waals surface area contributed by atoms with Gasteiger partial charge in [-0.2, -0.15) is 0 Å². The lowest BCUT2D eigenvalue weighted by atomic mass is 10.1. The van der Waals surface area contributed by atoms with E-state index in [1.807, 2.05) is 44.3 Å². The minimum absolute atomic E-state index is 0.396. The first kappa shape index (κ1) is 22.3. The van der Waals surface area contributed by atoms with Gasteiger partial charge in [-0.3, -0.25) is 0 Å². The third-order valence-corrected chi connectivity index (χ3v) is 5.93. The zero-order valence-corrected chi connectivity index (χ0v) is 19.2. The molecule has 1 aromatic heterocycles. The third kappa shape index (κ3) is 4.68. The van der Waals surface area contributed by atoms with Crippen molar-refractivity contribution in [2.24, 2.45) is 0 Å². The first-order valence-electron chi connectivity index (χ1n) is 10.5. The Bertz CT molecular complexity index is 968. The third-order valence-electron chi connectivity index (χ3n) is 5.93. The summed E-state index contributed by atoms with van der Waals surface area (Å²) in [5.74, 6) is 1.59. The van der Waals surface area contributed by atoms with Gasteiger partial charge in [0.1, 0.15) is 11.6 Å². The van der Waals surface area contributed by atoms with E-state index in [-0.39, 0.29) is 0 Å². The quantitative estimate of drug-likeness (QED) is 0.592. The highest BCUT2D eigenvalue weighted by atomic mass is 15.4. The predicted octanol–water partition coefficient (Wildman–Crippen LogP) is 3.96. The maximum Gasteiger partial charge on any atom is 0.132 e. The van der Waals surface area contributed by atoms with E-state index in [4.69, 9.17) is 0 Å². The summed E-state index contributed by atoms with van der Waals surface area (Å²) >= 11 is 0. The van der Waals surface area contributed by atoms with Crippen LogP contribution in [-0.2, 0) is 0 Å². The van der Waals surface area contributed by atoms with Crippen molar-refractivity contribution >= 4 is 11.5 Å². The molecular weight excluding hydrogens is 384 g/mol. The van der Waals surface area contributed by atoms with Crippen molar-refractivity contribution in [2.75, 3.05) is 39.5 Å². The van der Waals surface area contributed by atoms with Crippen molar-refractivity contribution < 1.29 is 0 Å². The fraction of sp³-hybridized carbons (Fsp3) is 0.320. The standard InChI is InChI=1S/C25H34N6/c1-17(18(2)26-6)9-10-24-20(4)31(23-12-14-30(24)16-23)21(5)28-25-15-22(11-13-27-25)19(3)29(7)8/h9-11,13,15,23,26H,1-3,5,12,14,16H2,4,6-8H3,(H,27,28)/b10-9-. The molecule has 1 aromatic rings. The number of hydrogen-bond acceptors (Lipinski definition) is 6. The number of nitrogens with zero attached hydrogens (tertiary/aromatic N) is 4. The fourth-order valence-corrected chi connectivity index (χ4v) is 4.03. The lowest BCUT2D eigenvalue weighted by molar-refractivity contribution is 0.269. The normalized spacial score (nSPS) is 17.7. The van der Waals surface area contributed by atoms with Gasteiger partial charge in [-0.15, -0.1) is 0 Å². The molecule has 1 unspecified atom stereocenters. The minimum atomic E-state index is 0.396. The molecule has 2 aliphatic heterocycles. The van der Waals surface area contributed by atoms with E-state index in [2.05, 4.69) is 64.7 Å². The van der Waals surface area contributed by atoms with Crippen molar-refractivity contribution in [3.63, 3.8) is 0 Å². The van der Waals surface area contributed by atoms with Crippen LogP contribution in [0, 0.1) is 0 Å². The maximum atomic E-state index is 4.48. The molecule has 0 aromatic carbocycles. The van der Waals surface area contributed by atoms with E-state index in [0.717, 1.165) is 53.7 Å². The summed E-state index contributed by atoms with van der Waals surface area (Å²) < 4.78 is 0. The van der Waals surface area contributed by atoms with Gasteiger partial charge in [0.2, 0.25) is 0 Å². The number of nitrogens with one attached hydrogen (secondary N) is 2. The first-order valence-corrected chi connectivity index (χ1v) is 10.5. The van der Waals surface area contributed by atoms with Crippen LogP contribution in [0.5, 0.6) is 0 Å². The summed E-state index contributed by atoms with van der Waals surface area (Å²) in [5, 5.41) is 6.46. The average Bonchev–Trinajstić information content (AvgIpc) is 3.16. The molecule has 3 rings (SSSR count). The zero-order valence-electron chi connectivity index (χ0n) is 19.2. The molecule has 31 heavy (non-hydrogen) atoms. The van der Waals surface area contributed by atoms with Gasteiger partial charge in [0.05, 0.1) is 11.7 Å². The fourth-order valence-electron chi connectivity index (χ4n) is 4.03. The van der Waals surface area contributed by atoms with Crippen molar-refractivity contribution in [3.05, 3.63) is 90.8 Å². The highest BCUT2D eigenvalue weighted by Crippen LogP contribution is 2.35. The molecule has 6 heteroatoms. The average molecular weight is 419 g/mol. The molecule has 0 radical (unpaired) electrons. The van der Waals surface area contributed by atoms with Gasteiger partial charge in [-0.1, -0.05) is 32.4 Å². The monoisotopic (exact) mass is 418 g/mol. The van der Waals surface area contributed by atoms with E-state index in [1.54, 1.807) is 6.20 Å². The molecule has 3 heterocycles. The largest absolute Gasteiger partial charge is 0.388 e. The van der Waals surface area contributed by atoms with E-state index in [0.29, 0.717) is 6.04 Å². The van der Waals surface area contributed by atoms with Crippen LogP contribution in [0.2, 0.25) is 0 Å². The minimum Gasteiger partial charge on any atom is -0.388 e. The molecule has 2 bridgehead atoms. The Morgan fingerprint density at radius 2 is 2.00 bits per heavy atom. The second-order valence-corrected chi connectivity index (χ2v) is 8.16. The van der Waals surface area contributed by atoms with Crippen molar-refractivity contribution in [3.8, 4) is 0 Å². The lowest BCUT2D eigenvalue weighted by Crippen LogP contribution is -2.42. The Kier molecular flexibility index (Phi) is 6.59. The molecule has 164 valence electrons. The van der Waals surface area contributed by atoms with Gasteiger partial charge in [-0.25, -0.2) is 4.98 Å². The van der Waals surface area contributed by atoms with Gasteiger partial charge in [0, 0.05) is 63.1 Å². The van der Waals surface area contributed by atoms with Crippen LogP contribution in [0.4, 0.5) is 5.82 Å². The van der Waals surface area contributed by atoms with Crippen molar-refractivity contribution in [1.82, 2.24) is 25.0 Å². The van der Waals surface area contributed by atoms with Crippen LogP contribution < -0.4 is 10.6 Å². The number of aromatic nitrogens is 1. The number of pyridine rings is 1. The predicted molar refractivity (Wildman–Crippen MR) is 131 cm³/mol. The second-order valence-electron chi connectivity index (χ2n) is 8.16. The van der Waals surface area contributed by atoms with Crippen LogP contribution >= 0.6 is 0 Å². The molecule has 0 spiro atoms. The molecule has 0 amide bonds. The molecule has 2 aliphatic rings. The summed E-state index contributed by atoms with van der Waals surface area (Å²) in [4.78, 5) is 11.2. The van der Waals surface area contributed by atoms with Gasteiger partial charge >= 0.3 is 0 Å². The Morgan fingerprint density at radius 1 is 1.26 bits per heavy atom. The second kappa shape index (κ2) is 9.16. The van der Waals surface area contributed by atoms with Crippen LogP contribution in [-0.4, -0.2) is 60.0 Å². The summed E-state index contributed by atoms with van der Waals surface area (Å²) in [5.41, 5.74) is 6.00.